The third-order valence-electron chi connectivity index (χ3n) is 5.38. The van der Waals surface area contributed by atoms with Gasteiger partial charge in [-0.05, 0) is 49.9 Å². The molecule has 2 N–H and O–H groups in total. The molecule has 1 aliphatic carbocycles. The van der Waals surface area contributed by atoms with Gasteiger partial charge in [-0.2, -0.15) is 0 Å². The number of anilines is 2. The number of para-hydroxylation sites is 1. The Labute approximate surface area is 205 Å². The molecule has 0 aliphatic heterocycles. The SMILES string of the molecule is CCOC(=O)c1c(NC(=O)c2ccccc2NS(=O)(=O)c2cccc([N+](=O)[O-])c2)sc2c1CCC2. The second-order valence-corrected chi connectivity index (χ2v) is 10.4. The summed E-state index contributed by atoms with van der Waals surface area (Å²) in [5.74, 6) is -1.13. The largest absolute Gasteiger partial charge is 0.462 e. The molecule has 2 aromatic carbocycles. The van der Waals surface area contributed by atoms with E-state index in [1.807, 2.05) is 0 Å². The number of fused-ring (bicyclic) bond motifs is 1. The smallest absolute Gasteiger partial charge is 0.341 e. The van der Waals surface area contributed by atoms with Crippen LogP contribution in [0.4, 0.5) is 16.4 Å². The van der Waals surface area contributed by atoms with E-state index in [2.05, 4.69) is 10.0 Å². The number of hydrogen-bond donors (Lipinski definition) is 2. The van der Waals surface area contributed by atoms with Crippen molar-refractivity contribution in [3.05, 3.63) is 80.2 Å². The van der Waals surface area contributed by atoms with Crippen molar-refractivity contribution in [2.24, 2.45) is 0 Å². The van der Waals surface area contributed by atoms with Crippen LogP contribution < -0.4 is 10.0 Å². The van der Waals surface area contributed by atoms with Crippen LogP contribution in [0, 0.1) is 10.1 Å². The Morgan fingerprint density at radius 3 is 2.66 bits per heavy atom. The van der Waals surface area contributed by atoms with E-state index < -0.39 is 26.8 Å². The van der Waals surface area contributed by atoms with Crippen LogP contribution in [0.1, 0.15) is 44.5 Å². The minimum absolute atomic E-state index is 0.0155. The molecule has 10 nitrogen and oxygen atoms in total. The number of non-ortho nitro benzene ring substituents is 1. The van der Waals surface area contributed by atoms with Gasteiger partial charge in [0, 0.05) is 17.0 Å². The second-order valence-electron chi connectivity index (χ2n) is 7.64. The van der Waals surface area contributed by atoms with Crippen molar-refractivity contribution in [2.75, 3.05) is 16.6 Å². The molecule has 12 heteroatoms. The van der Waals surface area contributed by atoms with Gasteiger partial charge in [-0.1, -0.05) is 18.2 Å². The summed E-state index contributed by atoms with van der Waals surface area (Å²) < 4.78 is 33.3. The van der Waals surface area contributed by atoms with Gasteiger partial charge in [-0.25, -0.2) is 13.2 Å². The predicted molar refractivity (Wildman–Crippen MR) is 131 cm³/mol. The molecule has 1 aromatic heterocycles. The second kappa shape index (κ2) is 9.84. The van der Waals surface area contributed by atoms with Crippen molar-refractivity contribution < 1.29 is 27.7 Å². The first kappa shape index (κ1) is 24.4. The van der Waals surface area contributed by atoms with Crippen LogP contribution in [0.3, 0.4) is 0 Å². The number of nitro benzene ring substituents is 1. The van der Waals surface area contributed by atoms with Crippen LogP contribution in [0.2, 0.25) is 0 Å². The monoisotopic (exact) mass is 515 g/mol. The van der Waals surface area contributed by atoms with Crippen molar-refractivity contribution in [1.82, 2.24) is 0 Å². The number of hydrogen-bond acceptors (Lipinski definition) is 8. The fraction of sp³-hybridized carbons (Fsp3) is 0.217. The summed E-state index contributed by atoms with van der Waals surface area (Å²) in [6.45, 7) is 1.89. The Bertz CT molecular complexity index is 1430. The average Bonchev–Trinajstić information content (AvgIpc) is 3.40. The van der Waals surface area contributed by atoms with Crippen molar-refractivity contribution >= 4 is 49.6 Å². The van der Waals surface area contributed by atoms with E-state index in [0.717, 1.165) is 35.8 Å². The minimum atomic E-state index is -4.23. The van der Waals surface area contributed by atoms with Gasteiger partial charge in [0.25, 0.3) is 21.6 Å². The van der Waals surface area contributed by atoms with Gasteiger partial charge in [0.15, 0.2) is 0 Å². The van der Waals surface area contributed by atoms with Crippen LogP contribution in [0.25, 0.3) is 0 Å². The first-order valence-corrected chi connectivity index (χ1v) is 13.0. The number of esters is 1. The molecule has 0 saturated heterocycles. The molecular formula is C23H21N3O7S2. The summed E-state index contributed by atoms with van der Waals surface area (Å²) >= 11 is 1.31. The van der Waals surface area contributed by atoms with Gasteiger partial charge >= 0.3 is 5.97 Å². The Kier molecular flexibility index (Phi) is 6.85. The number of rotatable bonds is 8. The fourth-order valence-electron chi connectivity index (χ4n) is 3.82. The summed E-state index contributed by atoms with van der Waals surface area (Å²) in [6, 6.07) is 10.6. The number of thiophene rings is 1. The lowest BCUT2D eigenvalue weighted by Gasteiger charge is -2.13. The molecule has 0 bridgehead atoms. The maximum absolute atomic E-state index is 13.2. The van der Waals surface area contributed by atoms with Gasteiger partial charge in [-0.3, -0.25) is 19.6 Å². The molecule has 182 valence electrons. The van der Waals surface area contributed by atoms with Crippen LogP contribution in [-0.4, -0.2) is 31.8 Å². The predicted octanol–water partition coefficient (Wildman–Crippen LogP) is 4.37. The Morgan fingerprint density at radius 1 is 1.14 bits per heavy atom. The highest BCUT2D eigenvalue weighted by Crippen LogP contribution is 2.40. The summed E-state index contributed by atoms with van der Waals surface area (Å²) in [4.78, 5) is 36.8. The number of sulfonamides is 1. The van der Waals surface area contributed by atoms with Crippen molar-refractivity contribution in [2.45, 2.75) is 31.1 Å². The van der Waals surface area contributed by atoms with Crippen LogP contribution in [-0.2, 0) is 27.6 Å². The summed E-state index contributed by atoms with van der Waals surface area (Å²) in [6.07, 6.45) is 2.45. The topological polar surface area (TPSA) is 145 Å². The zero-order chi connectivity index (χ0) is 25.2. The molecule has 0 spiro atoms. The molecule has 35 heavy (non-hydrogen) atoms. The van der Waals surface area contributed by atoms with Gasteiger partial charge in [0.2, 0.25) is 0 Å². The Morgan fingerprint density at radius 2 is 1.91 bits per heavy atom. The number of ether oxygens (including phenoxy) is 1. The molecule has 0 saturated carbocycles. The lowest BCUT2D eigenvalue weighted by molar-refractivity contribution is -0.385. The third kappa shape index (κ3) is 5.03. The molecule has 1 heterocycles. The molecule has 1 aliphatic rings. The highest BCUT2D eigenvalue weighted by atomic mass is 32.2. The maximum atomic E-state index is 13.2. The normalized spacial score (nSPS) is 12.6. The van der Waals surface area contributed by atoms with E-state index >= 15 is 0 Å². The van der Waals surface area contributed by atoms with E-state index in [1.165, 1.54) is 41.7 Å². The number of nitro groups is 1. The van der Waals surface area contributed by atoms with Gasteiger partial charge < -0.3 is 10.1 Å². The van der Waals surface area contributed by atoms with Crippen LogP contribution in [0.15, 0.2) is 53.4 Å². The molecular weight excluding hydrogens is 494 g/mol. The molecule has 4 rings (SSSR count). The van der Waals surface area contributed by atoms with Gasteiger partial charge in [0.05, 0.1) is 33.2 Å². The quantitative estimate of drug-likeness (QED) is 0.257. The zero-order valence-electron chi connectivity index (χ0n) is 18.6. The number of amides is 1. The molecule has 3 aromatic rings. The number of aryl methyl sites for hydroxylation is 1. The Hall–Kier alpha value is -3.77. The molecule has 1 amide bonds. The zero-order valence-corrected chi connectivity index (χ0v) is 20.2. The maximum Gasteiger partial charge on any atom is 0.341 e. The van der Waals surface area contributed by atoms with Crippen molar-refractivity contribution in [3.8, 4) is 0 Å². The van der Waals surface area contributed by atoms with E-state index in [4.69, 9.17) is 4.74 Å². The standard InChI is InChI=1S/C23H21N3O7S2/c1-2-33-23(28)20-17-10-6-12-19(17)34-22(20)24-21(27)16-9-3-4-11-18(16)25-35(31,32)15-8-5-7-14(13-15)26(29)30/h3-5,7-9,11,13,25H,2,6,10,12H2,1H3,(H,24,27). The molecule has 0 atom stereocenters. The number of nitrogens with zero attached hydrogens (tertiary/aromatic N) is 1. The van der Waals surface area contributed by atoms with E-state index in [-0.39, 0.29) is 28.4 Å². The fourth-order valence-corrected chi connectivity index (χ4v) is 6.21. The lowest BCUT2D eigenvalue weighted by atomic mass is 10.1. The van der Waals surface area contributed by atoms with Crippen molar-refractivity contribution in [1.29, 1.82) is 0 Å². The highest BCUT2D eigenvalue weighted by Gasteiger charge is 2.29. The average molecular weight is 516 g/mol. The first-order valence-electron chi connectivity index (χ1n) is 10.7. The van der Waals surface area contributed by atoms with Gasteiger partial charge in [-0.15, -0.1) is 11.3 Å². The number of carbonyl (C=O) groups excluding carboxylic acids is 2. The van der Waals surface area contributed by atoms with Crippen LogP contribution >= 0.6 is 11.3 Å². The molecule has 0 fully saturated rings. The molecule has 0 radical (unpaired) electrons. The van der Waals surface area contributed by atoms with Crippen LogP contribution in [0.5, 0.6) is 0 Å². The number of benzene rings is 2. The summed E-state index contributed by atoms with van der Waals surface area (Å²) in [7, 11) is -4.23. The van der Waals surface area contributed by atoms with Crippen molar-refractivity contribution in [3.63, 3.8) is 0 Å². The minimum Gasteiger partial charge on any atom is -0.462 e. The molecule has 0 unspecified atom stereocenters. The third-order valence-corrected chi connectivity index (χ3v) is 7.95. The van der Waals surface area contributed by atoms with E-state index in [9.17, 15) is 28.1 Å². The van der Waals surface area contributed by atoms with E-state index in [1.54, 1.807) is 19.1 Å². The van der Waals surface area contributed by atoms with Gasteiger partial charge in [0.1, 0.15) is 5.00 Å². The number of nitrogens with one attached hydrogen (secondary N) is 2. The lowest BCUT2D eigenvalue weighted by Crippen LogP contribution is -2.19. The van der Waals surface area contributed by atoms with E-state index in [0.29, 0.717) is 10.6 Å². The number of carbonyl (C=O) groups is 2. The first-order chi connectivity index (χ1) is 16.7. The Balaban J connectivity index is 1.63. The summed E-state index contributed by atoms with van der Waals surface area (Å²) in [5.41, 5.74) is 0.843. The summed E-state index contributed by atoms with van der Waals surface area (Å²) in [5, 5.41) is 14.1. The highest BCUT2D eigenvalue weighted by molar-refractivity contribution is 7.92.